The second-order valence-electron chi connectivity index (χ2n) is 4.12. The van der Waals surface area contributed by atoms with Gasteiger partial charge in [-0.15, -0.1) is 0 Å². The molecule has 0 fully saturated rings. The van der Waals surface area contributed by atoms with Crippen molar-refractivity contribution in [3.05, 3.63) is 63.9 Å². The minimum atomic E-state index is 0.707. The summed E-state index contributed by atoms with van der Waals surface area (Å²) in [4.78, 5) is 4.40. The Hall–Kier alpha value is -1.54. The van der Waals surface area contributed by atoms with Gasteiger partial charge in [0.25, 0.3) is 0 Å². The Balaban J connectivity index is 2.24. The van der Waals surface area contributed by atoms with E-state index in [0.29, 0.717) is 5.02 Å². The van der Waals surface area contributed by atoms with E-state index in [-0.39, 0.29) is 0 Å². The lowest BCUT2D eigenvalue weighted by Gasteiger charge is -2.07. The lowest BCUT2D eigenvalue weighted by molar-refractivity contribution is 1.07. The van der Waals surface area contributed by atoms with Gasteiger partial charge in [-0.1, -0.05) is 35.3 Å². The zero-order valence-electron chi connectivity index (χ0n) is 9.15. The van der Waals surface area contributed by atoms with Gasteiger partial charge in [0.2, 0.25) is 0 Å². The molecule has 1 aromatic heterocycles. The smallest absolute Gasteiger partial charge is 0.114 e. The molecule has 0 amide bonds. The van der Waals surface area contributed by atoms with E-state index in [1.807, 2.05) is 42.6 Å². The van der Waals surface area contributed by atoms with Gasteiger partial charge in [0.05, 0.1) is 5.69 Å². The van der Waals surface area contributed by atoms with Crippen molar-refractivity contribution in [1.29, 1.82) is 0 Å². The van der Waals surface area contributed by atoms with E-state index in [2.05, 4.69) is 4.98 Å². The first-order chi connectivity index (χ1) is 8.24. The molecule has 2 radical (unpaired) electrons. The van der Waals surface area contributed by atoms with Crippen molar-refractivity contribution >= 4 is 31.0 Å². The number of aromatic nitrogens is 1. The van der Waals surface area contributed by atoms with Crippen LogP contribution in [-0.2, 0) is 6.42 Å². The summed E-state index contributed by atoms with van der Waals surface area (Å²) >= 11 is 6.01. The van der Waals surface area contributed by atoms with Crippen LogP contribution < -0.4 is 0 Å². The van der Waals surface area contributed by atoms with Crippen LogP contribution in [0.25, 0.3) is 11.5 Å². The summed E-state index contributed by atoms with van der Waals surface area (Å²) in [6.07, 6.45) is 4.56. The second-order valence-corrected chi connectivity index (χ2v) is 4.55. The van der Waals surface area contributed by atoms with Gasteiger partial charge in [0.1, 0.15) is 7.85 Å². The highest BCUT2D eigenvalue weighted by molar-refractivity contribution is 6.45. The average Bonchev–Trinajstić information content (AvgIpc) is 2.46. The summed E-state index contributed by atoms with van der Waals surface area (Å²) < 4.78 is 0. The number of benzene rings is 1. The summed E-state index contributed by atoms with van der Waals surface area (Å²) in [6, 6.07) is 9.77. The number of fused-ring (bicyclic) bond motifs is 2. The number of pyridine rings is 1. The van der Waals surface area contributed by atoms with Gasteiger partial charge in [0, 0.05) is 17.6 Å². The Morgan fingerprint density at radius 3 is 3.00 bits per heavy atom. The zero-order valence-corrected chi connectivity index (χ0v) is 9.91. The molecule has 0 unspecified atom stereocenters. The van der Waals surface area contributed by atoms with Crippen molar-refractivity contribution in [1.82, 2.24) is 4.98 Å². The molecule has 1 aliphatic rings. The van der Waals surface area contributed by atoms with Crippen LogP contribution in [0.15, 0.2) is 36.5 Å². The highest BCUT2D eigenvalue weighted by Gasteiger charge is 2.13. The minimum Gasteiger partial charge on any atom is -0.260 e. The standard InChI is InChI=1S/C14H9BClN/c15-13-6-10-2-1-5-17-14(10)7-9-3-4-11(16)8-12(9)13/h1-6,8H,7H2. The number of halogens is 1. The van der Waals surface area contributed by atoms with Crippen LogP contribution in [0.5, 0.6) is 0 Å². The first-order valence-electron chi connectivity index (χ1n) is 5.44. The molecule has 3 heteroatoms. The van der Waals surface area contributed by atoms with E-state index in [4.69, 9.17) is 19.4 Å². The molecule has 0 aliphatic heterocycles. The van der Waals surface area contributed by atoms with Crippen LogP contribution >= 0.6 is 11.6 Å². The molecule has 0 saturated carbocycles. The predicted molar refractivity (Wildman–Crippen MR) is 72.1 cm³/mol. The Bertz CT molecular complexity index is 619. The maximum atomic E-state index is 6.10. The van der Waals surface area contributed by atoms with Gasteiger partial charge in [-0.3, -0.25) is 4.98 Å². The first kappa shape index (κ1) is 10.6. The van der Waals surface area contributed by atoms with Crippen LogP contribution in [-0.4, -0.2) is 12.8 Å². The summed E-state index contributed by atoms with van der Waals surface area (Å²) in [5.74, 6) is 0. The molecule has 0 atom stereocenters. The quantitative estimate of drug-likeness (QED) is 0.641. The first-order valence-corrected chi connectivity index (χ1v) is 5.82. The lowest BCUT2D eigenvalue weighted by atomic mass is 9.85. The van der Waals surface area contributed by atoms with Crippen molar-refractivity contribution in [2.45, 2.75) is 6.42 Å². The largest absolute Gasteiger partial charge is 0.260 e. The highest BCUT2D eigenvalue weighted by atomic mass is 35.5. The fourth-order valence-electron chi connectivity index (χ4n) is 2.13. The summed E-state index contributed by atoms with van der Waals surface area (Å²) in [6.45, 7) is 0. The molecule has 0 spiro atoms. The average molecular weight is 237 g/mol. The number of nitrogens with zero attached hydrogens (tertiary/aromatic N) is 1. The van der Waals surface area contributed by atoms with E-state index in [0.717, 1.165) is 28.7 Å². The Labute approximate surface area is 107 Å². The highest BCUT2D eigenvalue weighted by Crippen LogP contribution is 2.29. The molecule has 0 saturated heterocycles. The zero-order chi connectivity index (χ0) is 11.8. The third kappa shape index (κ3) is 1.89. The van der Waals surface area contributed by atoms with Crippen molar-refractivity contribution in [2.24, 2.45) is 0 Å². The molecule has 17 heavy (non-hydrogen) atoms. The Morgan fingerprint density at radius 1 is 1.24 bits per heavy atom. The van der Waals surface area contributed by atoms with Gasteiger partial charge in [0.15, 0.2) is 0 Å². The molecule has 0 N–H and O–H groups in total. The molecular formula is C14H9BClN. The van der Waals surface area contributed by atoms with E-state index in [9.17, 15) is 0 Å². The van der Waals surface area contributed by atoms with Crippen molar-refractivity contribution < 1.29 is 0 Å². The van der Waals surface area contributed by atoms with Crippen LogP contribution in [0, 0.1) is 0 Å². The second kappa shape index (κ2) is 4.04. The predicted octanol–water partition coefficient (Wildman–Crippen LogP) is 3.31. The van der Waals surface area contributed by atoms with Crippen LogP contribution in [0.4, 0.5) is 0 Å². The number of hydrogen-bond donors (Lipinski definition) is 0. The number of hydrogen-bond acceptors (Lipinski definition) is 1. The van der Waals surface area contributed by atoms with Crippen LogP contribution in [0.2, 0.25) is 5.02 Å². The fraction of sp³-hybridized carbons (Fsp3) is 0.0714. The Kier molecular flexibility index (Phi) is 2.52. The molecule has 80 valence electrons. The van der Waals surface area contributed by atoms with Gasteiger partial charge in [-0.25, -0.2) is 0 Å². The van der Waals surface area contributed by atoms with Gasteiger partial charge >= 0.3 is 0 Å². The van der Waals surface area contributed by atoms with Crippen LogP contribution in [0.3, 0.4) is 0 Å². The summed E-state index contributed by atoms with van der Waals surface area (Å²) in [7, 11) is 6.10. The molecule has 1 heterocycles. The van der Waals surface area contributed by atoms with E-state index >= 15 is 0 Å². The van der Waals surface area contributed by atoms with E-state index in [1.165, 1.54) is 5.56 Å². The van der Waals surface area contributed by atoms with E-state index in [1.54, 1.807) is 0 Å². The van der Waals surface area contributed by atoms with Gasteiger partial charge in [-0.05, 0) is 34.9 Å². The minimum absolute atomic E-state index is 0.707. The van der Waals surface area contributed by atoms with Crippen LogP contribution in [0.1, 0.15) is 22.4 Å². The molecule has 1 aliphatic carbocycles. The van der Waals surface area contributed by atoms with Crippen molar-refractivity contribution in [3.63, 3.8) is 0 Å². The summed E-state index contributed by atoms with van der Waals surface area (Å²) in [5.41, 5.74) is 5.05. The van der Waals surface area contributed by atoms with Gasteiger partial charge in [-0.2, -0.15) is 0 Å². The van der Waals surface area contributed by atoms with Crippen molar-refractivity contribution in [3.8, 4) is 0 Å². The topological polar surface area (TPSA) is 12.9 Å². The normalized spacial score (nSPS) is 13.4. The molecule has 1 aromatic carbocycles. The summed E-state index contributed by atoms with van der Waals surface area (Å²) in [5, 5.41) is 0.707. The number of rotatable bonds is 0. The molecule has 3 rings (SSSR count). The SMILES string of the molecule is [B]C1=Cc2cccnc2Cc2ccc(Cl)cc21. The monoisotopic (exact) mass is 237 g/mol. The lowest BCUT2D eigenvalue weighted by Crippen LogP contribution is -1.95. The van der Waals surface area contributed by atoms with Crippen molar-refractivity contribution in [2.75, 3.05) is 0 Å². The maximum absolute atomic E-state index is 6.10. The molecule has 0 bridgehead atoms. The maximum Gasteiger partial charge on any atom is 0.114 e. The fourth-order valence-corrected chi connectivity index (χ4v) is 2.30. The molecular weight excluding hydrogens is 228 g/mol. The molecule has 2 aromatic rings. The van der Waals surface area contributed by atoms with Gasteiger partial charge < -0.3 is 0 Å². The van der Waals surface area contributed by atoms with E-state index < -0.39 is 0 Å². The third-order valence-electron chi connectivity index (χ3n) is 2.98. The Morgan fingerprint density at radius 2 is 2.12 bits per heavy atom. The third-order valence-corrected chi connectivity index (χ3v) is 3.21. The molecule has 1 nitrogen and oxygen atoms in total.